The highest BCUT2D eigenvalue weighted by molar-refractivity contribution is 7.99. The molecule has 0 amide bonds. The fourth-order valence-corrected chi connectivity index (χ4v) is 3.24. The molecule has 7 heteroatoms. The van der Waals surface area contributed by atoms with Crippen molar-refractivity contribution in [2.45, 2.75) is 31.5 Å². The number of aromatic nitrogens is 4. The van der Waals surface area contributed by atoms with Gasteiger partial charge in [0.25, 0.3) is 0 Å². The number of esters is 1. The summed E-state index contributed by atoms with van der Waals surface area (Å²) in [7, 11) is 0. The summed E-state index contributed by atoms with van der Waals surface area (Å²) >= 11 is 1.34. The number of ether oxygens (including phenoxy) is 1. The van der Waals surface area contributed by atoms with E-state index in [0.717, 1.165) is 29.8 Å². The molecule has 0 spiro atoms. The summed E-state index contributed by atoms with van der Waals surface area (Å²) in [5.41, 5.74) is 2.02. The van der Waals surface area contributed by atoms with Crippen molar-refractivity contribution in [2.24, 2.45) is 0 Å². The molecule has 0 aliphatic rings. The summed E-state index contributed by atoms with van der Waals surface area (Å²) in [6.45, 7) is 3.15. The lowest BCUT2D eigenvalue weighted by Gasteiger charge is -2.10. The minimum atomic E-state index is -0.231. The molecule has 0 atom stereocenters. The lowest BCUT2D eigenvalue weighted by atomic mass is 10.2. The predicted octanol–water partition coefficient (Wildman–Crippen LogP) is 3.82. The maximum absolute atomic E-state index is 11.9. The van der Waals surface area contributed by atoms with Crippen LogP contribution in [0.5, 0.6) is 0 Å². The minimum Gasteiger partial charge on any atom is -0.465 e. The van der Waals surface area contributed by atoms with Crippen LogP contribution in [0.2, 0.25) is 0 Å². The molecule has 0 saturated carbocycles. The smallest absolute Gasteiger partial charge is 0.316 e. The first-order valence-electron chi connectivity index (χ1n) is 8.94. The molecule has 1 aromatic carbocycles. The lowest BCUT2D eigenvalue weighted by Crippen LogP contribution is -2.10. The van der Waals surface area contributed by atoms with Crippen molar-refractivity contribution < 1.29 is 9.53 Å². The predicted molar refractivity (Wildman–Crippen MR) is 105 cm³/mol. The first-order chi connectivity index (χ1) is 13.3. The van der Waals surface area contributed by atoms with Crippen molar-refractivity contribution in [1.29, 1.82) is 0 Å². The highest BCUT2D eigenvalue weighted by Gasteiger charge is 2.16. The van der Waals surface area contributed by atoms with E-state index in [1.807, 2.05) is 34.9 Å². The molecule has 0 saturated heterocycles. The summed E-state index contributed by atoms with van der Waals surface area (Å²) in [4.78, 5) is 16.1. The van der Waals surface area contributed by atoms with Crippen molar-refractivity contribution in [3.63, 3.8) is 0 Å². The van der Waals surface area contributed by atoms with Gasteiger partial charge < -0.3 is 4.74 Å². The minimum absolute atomic E-state index is 0.212. The van der Waals surface area contributed by atoms with E-state index in [1.165, 1.54) is 11.8 Å². The zero-order valence-corrected chi connectivity index (χ0v) is 16.1. The van der Waals surface area contributed by atoms with Gasteiger partial charge in [0.15, 0.2) is 11.0 Å². The van der Waals surface area contributed by atoms with Gasteiger partial charge in [0.05, 0.1) is 18.9 Å². The first-order valence-corrected chi connectivity index (χ1v) is 9.92. The molecule has 0 N–H and O–H groups in total. The van der Waals surface area contributed by atoms with E-state index in [0.29, 0.717) is 18.3 Å². The molecule has 3 aromatic rings. The molecule has 0 fully saturated rings. The summed E-state index contributed by atoms with van der Waals surface area (Å²) < 4.78 is 7.24. The molecule has 2 heterocycles. The number of carbonyl (C=O) groups is 1. The molecule has 3 rings (SSSR count). The molecular weight excluding hydrogens is 360 g/mol. The van der Waals surface area contributed by atoms with E-state index in [-0.39, 0.29) is 11.7 Å². The van der Waals surface area contributed by atoms with Crippen molar-refractivity contribution in [2.75, 3.05) is 12.4 Å². The molecular formula is C20H22N4O2S. The molecule has 2 aromatic heterocycles. The molecule has 0 unspecified atom stereocenters. The van der Waals surface area contributed by atoms with Crippen LogP contribution in [0, 0.1) is 0 Å². The number of hydrogen-bond donors (Lipinski definition) is 0. The summed E-state index contributed by atoms with van der Waals surface area (Å²) in [5, 5.41) is 9.32. The molecule has 0 aliphatic carbocycles. The number of rotatable bonds is 9. The van der Waals surface area contributed by atoms with Gasteiger partial charge in [0, 0.05) is 18.0 Å². The average molecular weight is 382 g/mol. The SMILES string of the molecule is CCCCOC(=O)CSc1nnc(-c2cccnc2)n1Cc1ccccc1. The van der Waals surface area contributed by atoms with E-state index < -0.39 is 0 Å². The second-order valence-electron chi connectivity index (χ2n) is 5.98. The number of benzene rings is 1. The Morgan fingerprint density at radius 3 is 2.74 bits per heavy atom. The van der Waals surface area contributed by atoms with Gasteiger partial charge in [0.2, 0.25) is 0 Å². The highest BCUT2D eigenvalue weighted by atomic mass is 32.2. The second kappa shape index (κ2) is 9.87. The quantitative estimate of drug-likeness (QED) is 0.318. The fraction of sp³-hybridized carbons (Fsp3) is 0.300. The van der Waals surface area contributed by atoms with Crippen LogP contribution in [0.25, 0.3) is 11.4 Å². The molecule has 140 valence electrons. The Kier molecular flexibility index (Phi) is 6.98. The summed E-state index contributed by atoms with van der Waals surface area (Å²) in [6, 6.07) is 13.9. The van der Waals surface area contributed by atoms with Crippen LogP contribution in [0.4, 0.5) is 0 Å². The Morgan fingerprint density at radius 2 is 2.00 bits per heavy atom. The van der Waals surface area contributed by atoms with Crippen molar-refractivity contribution >= 4 is 17.7 Å². The van der Waals surface area contributed by atoms with Crippen LogP contribution in [0.3, 0.4) is 0 Å². The standard InChI is InChI=1S/C20H22N4O2S/c1-2-3-12-26-18(25)15-27-20-23-22-19(17-10-7-11-21-13-17)24(20)14-16-8-5-4-6-9-16/h4-11,13H,2-3,12,14-15H2,1H3. The van der Waals surface area contributed by atoms with Crippen molar-refractivity contribution in [3.8, 4) is 11.4 Å². The van der Waals surface area contributed by atoms with Crippen LogP contribution < -0.4 is 0 Å². The maximum atomic E-state index is 11.9. The van der Waals surface area contributed by atoms with E-state index >= 15 is 0 Å². The molecule has 6 nitrogen and oxygen atoms in total. The highest BCUT2D eigenvalue weighted by Crippen LogP contribution is 2.24. The average Bonchev–Trinajstić information content (AvgIpc) is 3.10. The Hall–Kier alpha value is -2.67. The maximum Gasteiger partial charge on any atom is 0.316 e. The molecule has 27 heavy (non-hydrogen) atoms. The number of nitrogens with zero attached hydrogens (tertiary/aromatic N) is 4. The van der Waals surface area contributed by atoms with Crippen molar-refractivity contribution in [3.05, 3.63) is 60.4 Å². The van der Waals surface area contributed by atoms with Gasteiger partial charge in [-0.3, -0.25) is 14.3 Å². The van der Waals surface area contributed by atoms with E-state index in [9.17, 15) is 4.79 Å². The number of thioether (sulfide) groups is 1. The van der Waals surface area contributed by atoms with Gasteiger partial charge in [-0.15, -0.1) is 10.2 Å². The van der Waals surface area contributed by atoms with Crippen molar-refractivity contribution in [1.82, 2.24) is 19.7 Å². The zero-order valence-electron chi connectivity index (χ0n) is 15.2. The normalized spacial score (nSPS) is 10.7. The number of unbranched alkanes of at least 4 members (excludes halogenated alkanes) is 1. The van der Waals surface area contributed by atoms with Gasteiger partial charge in [-0.05, 0) is 24.1 Å². The second-order valence-corrected chi connectivity index (χ2v) is 6.92. The first kappa shape index (κ1) is 19.1. The van der Waals surface area contributed by atoms with Crippen LogP contribution in [0.15, 0.2) is 60.0 Å². The largest absolute Gasteiger partial charge is 0.465 e. The van der Waals surface area contributed by atoms with Gasteiger partial charge in [-0.1, -0.05) is 55.4 Å². The Bertz CT molecular complexity index is 853. The third-order valence-corrected chi connectivity index (χ3v) is 4.84. The lowest BCUT2D eigenvalue weighted by molar-refractivity contribution is -0.140. The zero-order chi connectivity index (χ0) is 18.9. The summed E-state index contributed by atoms with van der Waals surface area (Å²) in [5.74, 6) is 0.711. The Labute approximate surface area is 163 Å². The summed E-state index contributed by atoms with van der Waals surface area (Å²) in [6.07, 6.45) is 5.37. The molecule has 0 radical (unpaired) electrons. The third kappa shape index (κ3) is 5.40. The number of hydrogen-bond acceptors (Lipinski definition) is 6. The Balaban J connectivity index is 1.79. The van der Waals surface area contributed by atoms with E-state index in [1.54, 1.807) is 12.4 Å². The number of carbonyl (C=O) groups excluding carboxylic acids is 1. The van der Waals surface area contributed by atoms with Gasteiger partial charge >= 0.3 is 5.97 Å². The molecule has 0 bridgehead atoms. The number of pyridine rings is 1. The topological polar surface area (TPSA) is 69.9 Å². The van der Waals surface area contributed by atoms with Crippen LogP contribution >= 0.6 is 11.8 Å². The van der Waals surface area contributed by atoms with E-state index in [2.05, 4.69) is 34.2 Å². The third-order valence-electron chi connectivity index (χ3n) is 3.90. The van der Waals surface area contributed by atoms with Gasteiger partial charge in [-0.25, -0.2) is 0 Å². The van der Waals surface area contributed by atoms with Gasteiger partial charge in [0.1, 0.15) is 0 Å². The Morgan fingerprint density at radius 1 is 1.15 bits per heavy atom. The fourth-order valence-electron chi connectivity index (χ4n) is 2.51. The van der Waals surface area contributed by atoms with Crippen LogP contribution in [-0.2, 0) is 16.1 Å². The van der Waals surface area contributed by atoms with E-state index in [4.69, 9.17) is 4.74 Å². The van der Waals surface area contributed by atoms with Gasteiger partial charge in [-0.2, -0.15) is 0 Å². The van der Waals surface area contributed by atoms with Crippen LogP contribution in [-0.4, -0.2) is 38.1 Å². The van der Waals surface area contributed by atoms with Crippen LogP contribution in [0.1, 0.15) is 25.3 Å². The molecule has 0 aliphatic heterocycles. The monoisotopic (exact) mass is 382 g/mol.